The fraction of sp³-hybridized carbons (Fsp3) is 0.533. The predicted octanol–water partition coefficient (Wildman–Crippen LogP) is -0.423. The summed E-state index contributed by atoms with van der Waals surface area (Å²) in [6.07, 6.45) is 0.342. The average molecular weight is 371 g/mol. The number of amides is 1. The summed E-state index contributed by atoms with van der Waals surface area (Å²) in [5, 5.41) is 8.87. The van der Waals surface area contributed by atoms with E-state index in [9.17, 15) is 18.0 Å². The highest BCUT2D eigenvalue weighted by Crippen LogP contribution is 2.12. The molecule has 0 aromatic carbocycles. The lowest BCUT2D eigenvalue weighted by Gasteiger charge is -2.34. The SMILES string of the molecule is Cc1cccc(C(=O)N2CCOC(CN(CC(=O)O)S(C)(=O)=O)C2)n1. The van der Waals surface area contributed by atoms with Gasteiger partial charge in [0.25, 0.3) is 5.91 Å². The molecular weight excluding hydrogens is 350 g/mol. The van der Waals surface area contributed by atoms with E-state index in [1.807, 2.05) is 0 Å². The molecule has 138 valence electrons. The van der Waals surface area contributed by atoms with Crippen molar-refractivity contribution in [2.24, 2.45) is 0 Å². The van der Waals surface area contributed by atoms with Crippen molar-refractivity contribution in [3.05, 3.63) is 29.6 Å². The van der Waals surface area contributed by atoms with Crippen molar-refractivity contribution in [3.63, 3.8) is 0 Å². The molecule has 10 heteroatoms. The molecule has 1 aliphatic rings. The van der Waals surface area contributed by atoms with E-state index in [0.717, 1.165) is 16.3 Å². The first-order valence-electron chi connectivity index (χ1n) is 7.68. The lowest BCUT2D eigenvalue weighted by molar-refractivity contribution is -0.137. The van der Waals surface area contributed by atoms with Gasteiger partial charge in [-0.25, -0.2) is 13.4 Å². The Labute approximate surface area is 146 Å². The number of rotatable bonds is 6. The van der Waals surface area contributed by atoms with Crippen LogP contribution in [-0.2, 0) is 19.6 Å². The third kappa shape index (κ3) is 5.48. The van der Waals surface area contributed by atoms with E-state index in [2.05, 4.69) is 4.98 Å². The number of hydrogen-bond donors (Lipinski definition) is 1. The number of ether oxygens (including phenoxy) is 1. The number of carbonyl (C=O) groups excluding carboxylic acids is 1. The molecule has 1 atom stereocenters. The lowest BCUT2D eigenvalue weighted by atomic mass is 10.2. The monoisotopic (exact) mass is 371 g/mol. The Hall–Kier alpha value is -2.04. The molecule has 0 aliphatic carbocycles. The van der Waals surface area contributed by atoms with Crippen LogP contribution >= 0.6 is 0 Å². The van der Waals surface area contributed by atoms with Crippen LogP contribution in [0.3, 0.4) is 0 Å². The summed E-state index contributed by atoms with van der Waals surface area (Å²) < 4.78 is 29.8. The number of carbonyl (C=O) groups is 2. The fourth-order valence-electron chi connectivity index (χ4n) is 2.53. The van der Waals surface area contributed by atoms with Crippen molar-refractivity contribution in [3.8, 4) is 0 Å². The zero-order valence-electron chi connectivity index (χ0n) is 14.1. The van der Waals surface area contributed by atoms with Gasteiger partial charge in [0.15, 0.2) is 0 Å². The first kappa shape index (κ1) is 19.3. The van der Waals surface area contributed by atoms with E-state index in [4.69, 9.17) is 9.84 Å². The lowest BCUT2D eigenvalue weighted by Crippen LogP contribution is -2.51. The third-order valence-corrected chi connectivity index (χ3v) is 4.94. The topological polar surface area (TPSA) is 117 Å². The quantitative estimate of drug-likeness (QED) is 0.721. The van der Waals surface area contributed by atoms with Gasteiger partial charge in [-0.15, -0.1) is 0 Å². The maximum Gasteiger partial charge on any atom is 0.318 e. The van der Waals surface area contributed by atoms with E-state index in [1.54, 1.807) is 25.1 Å². The van der Waals surface area contributed by atoms with E-state index < -0.39 is 28.6 Å². The van der Waals surface area contributed by atoms with Crippen molar-refractivity contribution in [2.75, 3.05) is 39.0 Å². The minimum absolute atomic E-state index is 0.129. The van der Waals surface area contributed by atoms with Crippen molar-refractivity contribution in [1.82, 2.24) is 14.2 Å². The standard InChI is InChI=1S/C15H21N3O6S/c1-11-4-3-5-13(16-11)15(21)17-6-7-24-12(8-17)9-18(10-14(19)20)25(2,22)23/h3-5,12H,6-10H2,1-2H3,(H,19,20). The van der Waals surface area contributed by atoms with Gasteiger partial charge < -0.3 is 14.7 Å². The second kappa shape index (κ2) is 7.89. The number of pyridine rings is 1. The fourth-order valence-corrected chi connectivity index (χ4v) is 3.32. The number of nitrogens with zero attached hydrogens (tertiary/aromatic N) is 3. The summed E-state index contributed by atoms with van der Waals surface area (Å²) in [6, 6.07) is 5.15. The molecule has 0 radical (unpaired) electrons. The van der Waals surface area contributed by atoms with Crippen molar-refractivity contribution < 1.29 is 27.9 Å². The van der Waals surface area contributed by atoms with Gasteiger partial charge in [-0.1, -0.05) is 6.07 Å². The average Bonchev–Trinajstić information content (AvgIpc) is 2.52. The molecule has 1 fully saturated rings. The largest absolute Gasteiger partial charge is 0.480 e. The van der Waals surface area contributed by atoms with Crippen LogP contribution in [0.5, 0.6) is 0 Å². The zero-order chi connectivity index (χ0) is 18.6. The van der Waals surface area contributed by atoms with Gasteiger partial charge in [0.1, 0.15) is 12.2 Å². The number of aliphatic carboxylic acids is 1. The molecule has 9 nitrogen and oxygen atoms in total. The zero-order valence-corrected chi connectivity index (χ0v) is 14.9. The molecule has 1 unspecified atom stereocenters. The first-order valence-corrected chi connectivity index (χ1v) is 9.53. The van der Waals surface area contributed by atoms with Crippen molar-refractivity contribution in [1.29, 1.82) is 0 Å². The van der Waals surface area contributed by atoms with Crippen LogP contribution in [0.2, 0.25) is 0 Å². The predicted molar refractivity (Wildman–Crippen MR) is 88.7 cm³/mol. The number of carboxylic acid groups (broad SMARTS) is 1. The Morgan fingerprint density at radius 3 is 2.76 bits per heavy atom. The van der Waals surface area contributed by atoms with Crippen molar-refractivity contribution >= 4 is 21.9 Å². The summed E-state index contributed by atoms with van der Waals surface area (Å²) in [5.41, 5.74) is 1.03. The van der Waals surface area contributed by atoms with Gasteiger partial charge in [0, 0.05) is 25.3 Å². The molecule has 2 rings (SSSR count). The molecule has 0 spiro atoms. The van der Waals surface area contributed by atoms with Gasteiger partial charge in [0.05, 0.1) is 19.0 Å². The summed E-state index contributed by atoms with van der Waals surface area (Å²) in [5.74, 6) is -1.51. The summed E-state index contributed by atoms with van der Waals surface area (Å²) in [6.45, 7) is 1.78. The molecule has 1 amide bonds. The molecule has 1 N–H and O–H groups in total. The third-order valence-electron chi connectivity index (χ3n) is 3.72. The Bertz CT molecular complexity index is 751. The molecule has 25 heavy (non-hydrogen) atoms. The van der Waals surface area contributed by atoms with Crippen LogP contribution in [0.25, 0.3) is 0 Å². The summed E-state index contributed by atoms with van der Waals surface area (Å²) in [7, 11) is -3.70. The molecule has 0 bridgehead atoms. The first-order chi connectivity index (χ1) is 11.7. The highest BCUT2D eigenvalue weighted by molar-refractivity contribution is 7.88. The highest BCUT2D eigenvalue weighted by Gasteiger charge is 2.30. The second-order valence-electron chi connectivity index (χ2n) is 5.86. The van der Waals surface area contributed by atoms with Crippen LogP contribution in [0.15, 0.2) is 18.2 Å². The van der Waals surface area contributed by atoms with Gasteiger partial charge >= 0.3 is 5.97 Å². The minimum Gasteiger partial charge on any atom is -0.480 e. The van der Waals surface area contributed by atoms with Crippen LogP contribution in [0.4, 0.5) is 0 Å². The Balaban J connectivity index is 2.07. The maximum absolute atomic E-state index is 12.5. The molecular formula is C15H21N3O6S. The van der Waals surface area contributed by atoms with E-state index in [1.165, 1.54) is 4.90 Å². The van der Waals surface area contributed by atoms with Gasteiger partial charge in [-0.2, -0.15) is 4.31 Å². The molecule has 1 saturated heterocycles. The summed E-state index contributed by atoms with van der Waals surface area (Å²) >= 11 is 0. The number of aryl methyl sites for hydroxylation is 1. The Kier molecular flexibility index (Phi) is 6.09. The molecule has 0 saturated carbocycles. The van der Waals surface area contributed by atoms with Gasteiger partial charge in [-0.3, -0.25) is 9.59 Å². The van der Waals surface area contributed by atoms with E-state index in [0.29, 0.717) is 12.2 Å². The number of sulfonamides is 1. The molecule has 1 aromatic heterocycles. The Morgan fingerprint density at radius 2 is 2.16 bits per heavy atom. The Morgan fingerprint density at radius 1 is 1.44 bits per heavy atom. The van der Waals surface area contributed by atoms with Gasteiger partial charge in [0.2, 0.25) is 10.0 Å². The van der Waals surface area contributed by atoms with Crippen LogP contribution in [-0.4, -0.2) is 84.7 Å². The maximum atomic E-state index is 12.5. The number of aromatic nitrogens is 1. The van der Waals surface area contributed by atoms with E-state index >= 15 is 0 Å². The highest BCUT2D eigenvalue weighted by atomic mass is 32.2. The van der Waals surface area contributed by atoms with Crippen LogP contribution in [0, 0.1) is 6.92 Å². The van der Waals surface area contributed by atoms with Crippen molar-refractivity contribution in [2.45, 2.75) is 13.0 Å². The normalized spacial score (nSPS) is 18.4. The second-order valence-corrected chi connectivity index (χ2v) is 7.84. The molecule has 1 aliphatic heterocycles. The number of carboxylic acids is 1. The molecule has 1 aromatic rings. The van der Waals surface area contributed by atoms with E-state index in [-0.39, 0.29) is 25.6 Å². The van der Waals surface area contributed by atoms with Gasteiger partial charge in [-0.05, 0) is 19.1 Å². The minimum atomic E-state index is -3.70. The molecule has 2 heterocycles. The van der Waals surface area contributed by atoms with Crippen LogP contribution < -0.4 is 0 Å². The summed E-state index contributed by atoms with van der Waals surface area (Å²) in [4.78, 5) is 29.1. The van der Waals surface area contributed by atoms with Crippen LogP contribution in [0.1, 0.15) is 16.2 Å². The smallest absolute Gasteiger partial charge is 0.318 e. The number of hydrogen-bond acceptors (Lipinski definition) is 6. The number of morpholine rings is 1.